The summed E-state index contributed by atoms with van der Waals surface area (Å²) in [5.41, 5.74) is 6.24. The molecular weight excluding hydrogens is 212 g/mol. The van der Waals surface area contributed by atoms with Crippen molar-refractivity contribution in [2.75, 3.05) is 11.9 Å². The van der Waals surface area contributed by atoms with E-state index in [0.717, 1.165) is 6.42 Å². The Labute approximate surface area is 93.9 Å². The summed E-state index contributed by atoms with van der Waals surface area (Å²) in [6.07, 6.45) is 2.60. The van der Waals surface area contributed by atoms with Gasteiger partial charge in [0.1, 0.15) is 0 Å². The molecule has 15 heavy (non-hydrogen) atoms. The zero-order valence-electron chi connectivity index (χ0n) is 8.29. The second-order valence-electron chi connectivity index (χ2n) is 3.03. The van der Waals surface area contributed by atoms with Gasteiger partial charge >= 0.3 is 0 Å². The molecule has 0 aliphatic heterocycles. The summed E-state index contributed by atoms with van der Waals surface area (Å²) in [5.74, 6) is -0.526. The monoisotopic (exact) mass is 224 g/mol. The molecule has 0 aliphatic carbocycles. The fourth-order valence-corrected chi connectivity index (χ4v) is 1.50. The molecule has 0 saturated heterocycles. The van der Waals surface area contributed by atoms with Crippen LogP contribution in [0.15, 0.2) is 30.9 Å². The molecule has 1 amide bonds. The molecule has 0 saturated carbocycles. The Morgan fingerprint density at radius 3 is 2.93 bits per heavy atom. The van der Waals surface area contributed by atoms with Crippen LogP contribution in [0.2, 0.25) is 5.02 Å². The van der Waals surface area contributed by atoms with Gasteiger partial charge in [-0.25, -0.2) is 0 Å². The highest BCUT2D eigenvalue weighted by Gasteiger charge is 2.11. The standard InChI is InChI=1S/C11H13ClN2O/c1-2-3-7-14-9-6-4-5-8(12)10(9)11(13)15/h2,4-6,14H,1,3,7H2,(H2,13,15). The van der Waals surface area contributed by atoms with Gasteiger partial charge in [0.05, 0.1) is 10.6 Å². The Hall–Kier alpha value is -1.48. The molecule has 0 spiro atoms. The number of hydrogen-bond donors (Lipinski definition) is 2. The molecule has 0 bridgehead atoms. The second-order valence-corrected chi connectivity index (χ2v) is 3.44. The van der Waals surface area contributed by atoms with Gasteiger partial charge < -0.3 is 11.1 Å². The number of primary amides is 1. The van der Waals surface area contributed by atoms with Crippen LogP contribution in [0.5, 0.6) is 0 Å². The lowest BCUT2D eigenvalue weighted by atomic mass is 10.1. The normalized spacial score (nSPS) is 9.67. The number of nitrogens with two attached hydrogens (primary N) is 1. The number of carbonyl (C=O) groups excluding carboxylic acids is 1. The van der Waals surface area contributed by atoms with Crippen LogP contribution < -0.4 is 11.1 Å². The Morgan fingerprint density at radius 1 is 1.60 bits per heavy atom. The zero-order valence-corrected chi connectivity index (χ0v) is 9.05. The topological polar surface area (TPSA) is 55.1 Å². The van der Waals surface area contributed by atoms with Crippen molar-refractivity contribution in [3.05, 3.63) is 41.4 Å². The maximum Gasteiger partial charge on any atom is 0.252 e. The molecule has 80 valence electrons. The lowest BCUT2D eigenvalue weighted by molar-refractivity contribution is 0.100. The summed E-state index contributed by atoms with van der Waals surface area (Å²) in [5, 5.41) is 3.45. The average Bonchev–Trinajstić information content (AvgIpc) is 2.17. The van der Waals surface area contributed by atoms with Crippen LogP contribution in [0.3, 0.4) is 0 Å². The number of anilines is 1. The largest absolute Gasteiger partial charge is 0.384 e. The van der Waals surface area contributed by atoms with E-state index in [-0.39, 0.29) is 0 Å². The average molecular weight is 225 g/mol. The van der Waals surface area contributed by atoms with Crippen molar-refractivity contribution in [3.63, 3.8) is 0 Å². The lowest BCUT2D eigenvalue weighted by Gasteiger charge is -2.10. The first-order valence-corrected chi connectivity index (χ1v) is 4.97. The van der Waals surface area contributed by atoms with Crippen LogP contribution in [0.1, 0.15) is 16.8 Å². The number of amides is 1. The molecule has 0 fully saturated rings. The van der Waals surface area contributed by atoms with Crippen molar-refractivity contribution in [2.24, 2.45) is 5.73 Å². The first-order valence-electron chi connectivity index (χ1n) is 4.60. The Balaban J connectivity index is 2.90. The molecule has 0 aliphatic rings. The third-order valence-electron chi connectivity index (χ3n) is 1.92. The van der Waals surface area contributed by atoms with E-state index in [1.54, 1.807) is 24.3 Å². The van der Waals surface area contributed by atoms with Crippen molar-refractivity contribution in [1.82, 2.24) is 0 Å². The summed E-state index contributed by atoms with van der Waals surface area (Å²) in [6.45, 7) is 4.31. The highest BCUT2D eigenvalue weighted by molar-refractivity contribution is 6.34. The second kappa shape index (κ2) is 5.41. The maximum absolute atomic E-state index is 11.2. The van der Waals surface area contributed by atoms with Crippen LogP contribution in [0, 0.1) is 0 Å². The predicted molar refractivity (Wildman–Crippen MR) is 63.3 cm³/mol. The van der Waals surface area contributed by atoms with Gasteiger partial charge in [0, 0.05) is 12.2 Å². The van der Waals surface area contributed by atoms with Gasteiger partial charge in [-0.05, 0) is 18.6 Å². The van der Waals surface area contributed by atoms with Gasteiger partial charge in [-0.1, -0.05) is 23.7 Å². The highest BCUT2D eigenvalue weighted by Crippen LogP contribution is 2.23. The Kier molecular flexibility index (Phi) is 4.18. The summed E-state index contributed by atoms with van der Waals surface area (Å²) < 4.78 is 0. The van der Waals surface area contributed by atoms with Gasteiger partial charge in [0.15, 0.2) is 0 Å². The summed E-state index contributed by atoms with van der Waals surface area (Å²) in [4.78, 5) is 11.2. The quantitative estimate of drug-likeness (QED) is 0.596. The predicted octanol–water partition coefficient (Wildman–Crippen LogP) is 2.43. The van der Waals surface area contributed by atoms with Crippen LogP contribution >= 0.6 is 11.6 Å². The van der Waals surface area contributed by atoms with Crippen LogP contribution in [0.4, 0.5) is 5.69 Å². The van der Waals surface area contributed by atoms with Crippen molar-refractivity contribution >= 4 is 23.2 Å². The third-order valence-corrected chi connectivity index (χ3v) is 2.24. The highest BCUT2D eigenvalue weighted by atomic mass is 35.5. The molecule has 0 radical (unpaired) electrons. The molecule has 0 atom stereocenters. The molecule has 4 heteroatoms. The van der Waals surface area contributed by atoms with Gasteiger partial charge in [-0.2, -0.15) is 0 Å². The first kappa shape index (κ1) is 11.6. The number of carbonyl (C=O) groups is 1. The van der Waals surface area contributed by atoms with Crippen molar-refractivity contribution < 1.29 is 4.79 Å². The fraction of sp³-hybridized carbons (Fsp3) is 0.182. The Morgan fingerprint density at radius 2 is 2.33 bits per heavy atom. The SMILES string of the molecule is C=CCCNc1cccc(Cl)c1C(N)=O. The zero-order chi connectivity index (χ0) is 11.3. The van der Waals surface area contributed by atoms with E-state index in [2.05, 4.69) is 11.9 Å². The smallest absolute Gasteiger partial charge is 0.252 e. The number of nitrogens with one attached hydrogen (secondary N) is 1. The van der Waals surface area contributed by atoms with Crippen molar-refractivity contribution in [3.8, 4) is 0 Å². The minimum Gasteiger partial charge on any atom is -0.384 e. The van der Waals surface area contributed by atoms with Gasteiger partial charge in [-0.3, -0.25) is 4.79 Å². The molecule has 1 aromatic rings. The maximum atomic E-state index is 11.2. The first-order chi connectivity index (χ1) is 7.16. The van der Waals surface area contributed by atoms with Crippen molar-refractivity contribution in [1.29, 1.82) is 0 Å². The molecule has 0 unspecified atom stereocenters. The van der Waals surface area contributed by atoms with E-state index >= 15 is 0 Å². The van der Waals surface area contributed by atoms with E-state index < -0.39 is 5.91 Å². The summed E-state index contributed by atoms with van der Waals surface area (Å²) >= 11 is 5.88. The summed E-state index contributed by atoms with van der Waals surface area (Å²) in [6, 6.07) is 5.18. The Bertz CT molecular complexity index is 377. The van der Waals surface area contributed by atoms with E-state index in [9.17, 15) is 4.79 Å². The molecular formula is C11H13ClN2O. The molecule has 0 aromatic heterocycles. The molecule has 3 N–H and O–H groups in total. The van der Waals surface area contributed by atoms with E-state index in [4.69, 9.17) is 17.3 Å². The minimum atomic E-state index is -0.526. The van der Waals surface area contributed by atoms with Crippen molar-refractivity contribution in [2.45, 2.75) is 6.42 Å². The van der Waals surface area contributed by atoms with Crippen LogP contribution in [-0.4, -0.2) is 12.5 Å². The lowest BCUT2D eigenvalue weighted by Crippen LogP contribution is -2.15. The molecule has 3 nitrogen and oxygen atoms in total. The summed E-state index contributed by atoms with van der Waals surface area (Å²) in [7, 11) is 0. The molecule has 0 heterocycles. The van der Waals surface area contributed by atoms with E-state index in [1.165, 1.54) is 0 Å². The number of hydrogen-bond acceptors (Lipinski definition) is 2. The molecule has 1 aromatic carbocycles. The van der Waals surface area contributed by atoms with Crippen LogP contribution in [0.25, 0.3) is 0 Å². The van der Waals surface area contributed by atoms with E-state index in [0.29, 0.717) is 22.8 Å². The van der Waals surface area contributed by atoms with Crippen LogP contribution in [-0.2, 0) is 0 Å². The fourth-order valence-electron chi connectivity index (χ4n) is 1.23. The van der Waals surface area contributed by atoms with Gasteiger partial charge in [0.25, 0.3) is 5.91 Å². The number of benzene rings is 1. The van der Waals surface area contributed by atoms with Gasteiger partial charge in [-0.15, -0.1) is 6.58 Å². The minimum absolute atomic E-state index is 0.336. The van der Waals surface area contributed by atoms with Gasteiger partial charge in [0.2, 0.25) is 0 Å². The number of halogens is 1. The molecule has 1 rings (SSSR count). The van der Waals surface area contributed by atoms with E-state index in [1.807, 2.05) is 0 Å². The number of rotatable bonds is 5. The third kappa shape index (κ3) is 2.99.